The van der Waals surface area contributed by atoms with Gasteiger partial charge in [-0.05, 0) is 36.6 Å². The zero-order valence-corrected chi connectivity index (χ0v) is 20.4. The first-order chi connectivity index (χ1) is 16.9. The summed E-state index contributed by atoms with van der Waals surface area (Å²) >= 11 is 6.47. The lowest BCUT2D eigenvalue weighted by atomic mass is 9.95. The van der Waals surface area contributed by atoms with E-state index in [1.807, 2.05) is 12.2 Å². The van der Waals surface area contributed by atoms with Crippen LogP contribution in [-0.4, -0.2) is 48.0 Å². The number of fused-ring (bicyclic) bond motifs is 1. The van der Waals surface area contributed by atoms with Crippen molar-refractivity contribution in [1.29, 1.82) is 0 Å². The Morgan fingerprint density at radius 1 is 1.26 bits per heavy atom. The lowest BCUT2D eigenvalue weighted by Gasteiger charge is -2.16. The molecule has 10 heteroatoms. The summed E-state index contributed by atoms with van der Waals surface area (Å²) < 4.78 is 6.11. The average Bonchev–Trinajstić information content (AvgIpc) is 2.85. The number of ether oxygens (including phenoxy) is 1. The second-order valence-corrected chi connectivity index (χ2v) is 8.55. The number of amides is 1. The number of methoxy groups -OCH3 is 1. The molecule has 0 spiro atoms. The molecule has 2 heterocycles. The van der Waals surface area contributed by atoms with Crippen molar-refractivity contribution in [3.8, 4) is 11.1 Å². The highest BCUT2D eigenvalue weighted by atomic mass is 35.5. The largest absolute Gasteiger partial charge is 0.412 e. The number of pyridine rings is 1. The number of nitrogens with zero attached hydrogens (tertiary/aromatic N) is 3. The number of rotatable bonds is 8. The lowest BCUT2D eigenvalue weighted by Crippen LogP contribution is -2.27. The predicted molar refractivity (Wildman–Crippen MR) is 137 cm³/mol. The van der Waals surface area contributed by atoms with E-state index in [9.17, 15) is 9.59 Å². The topological polar surface area (TPSA) is 107 Å². The van der Waals surface area contributed by atoms with Crippen LogP contribution in [0.25, 0.3) is 22.2 Å². The molecule has 1 unspecified atom stereocenters. The normalized spacial score (nSPS) is 15.1. The number of allylic oxidation sites excluding steroid dienone is 3. The van der Waals surface area contributed by atoms with Crippen LogP contribution in [0.4, 0.5) is 11.6 Å². The summed E-state index contributed by atoms with van der Waals surface area (Å²) in [6.07, 6.45) is 8.01. The van der Waals surface area contributed by atoms with Gasteiger partial charge in [-0.1, -0.05) is 36.8 Å². The molecule has 4 rings (SSSR count). The molecule has 3 aromatic rings. The van der Waals surface area contributed by atoms with Crippen LogP contribution in [0.3, 0.4) is 0 Å². The highest BCUT2D eigenvalue weighted by Crippen LogP contribution is 2.31. The number of carbonyl (C=O) groups is 1. The van der Waals surface area contributed by atoms with Crippen molar-refractivity contribution in [1.82, 2.24) is 14.7 Å². The number of hydrogen-bond acceptors (Lipinski definition) is 7. The first kappa shape index (κ1) is 24.4. The van der Waals surface area contributed by atoms with E-state index in [-0.39, 0.29) is 11.5 Å². The molecule has 2 N–H and O–H groups in total. The maximum atomic E-state index is 13.3. The minimum atomic E-state index is -0.444. The Balaban J connectivity index is 1.70. The van der Waals surface area contributed by atoms with Crippen LogP contribution in [0, 0.1) is 5.92 Å². The first-order valence-corrected chi connectivity index (χ1v) is 11.5. The number of benzene rings is 1. The van der Waals surface area contributed by atoms with Crippen LogP contribution in [0.2, 0.25) is 5.02 Å². The van der Waals surface area contributed by atoms with Gasteiger partial charge < -0.3 is 20.2 Å². The van der Waals surface area contributed by atoms with Crippen LogP contribution in [0.15, 0.2) is 59.1 Å². The van der Waals surface area contributed by atoms with Gasteiger partial charge in [0, 0.05) is 47.1 Å². The van der Waals surface area contributed by atoms with Crippen LogP contribution in [0.1, 0.15) is 13.3 Å². The minimum absolute atomic E-state index is 0.191. The van der Waals surface area contributed by atoms with E-state index in [1.165, 1.54) is 7.11 Å². The first-order valence-electron chi connectivity index (χ1n) is 11.1. The standard InChI is InChI=1S/C25H26ClN5O4/c1-15-5-4-6-16(11-15)23(32)29-18-7-8-21(26)19(13-18)20-12-17-14-28-25(27-9-10-34-2)30-22(17)31(35-3)24(20)33/h4-8,12-15H,9-11H2,1-3H3,(H,29,32)(H,27,28,30). The van der Waals surface area contributed by atoms with E-state index in [0.29, 0.717) is 64.3 Å². The molecule has 0 fully saturated rings. The highest BCUT2D eigenvalue weighted by molar-refractivity contribution is 6.33. The van der Waals surface area contributed by atoms with Gasteiger partial charge in [0.15, 0.2) is 5.65 Å². The summed E-state index contributed by atoms with van der Waals surface area (Å²) in [6, 6.07) is 6.68. The van der Waals surface area contributed by atoms with Gasteiger partial charge in [0.2, 0.25) is 5.95 Å². The molecule has 9 nitrogen and oxygen atoms in total. The van der Waals surface area contributed by atoms with Gasteiger partial charge in [-0.15, -0.1) is 4.73 Å². The average molecular weight is 496 g/mol. The van der Waals surface area contributed by atoms with Gasteiger partial charge in [0.05, 0.1) is 12.2 Å². The Labute approximate surface area is 207 Å². The zero-order valence-electron chi connectivity index (χ0n) is 19.7. The van der Waals surface area contributed by atoms with Crippen molar-refractivity contribution in [2.24, 2.45) is 5.92 Å². The van der Waals surface area contributed by atoms with Gasteiger partial charge in [0.25, 0.3) is 11.5 Å². The molecule has 1 amide bonds. The summed E-state index contributed by atoms with van der Waals surface area (Å²) in [5, 5.41) is 6.87. The summed E-state index contributed by atoms with van der Waals surface area (Å²) in [4.78, 5) is 40.2. The van der Waals surface area contributed by atoms with Crippen LogP contribution in [0.5, 0.6) is 0 Å². The number of carbonyl (C=O) groups excluding carboxylic acids is 1. The SMILES string of the molecule is COCCNc1ncc2cc(-c3cc(NC(=O)C4=CC=CC(C)C4)ccc3Cl)c(=O)n(OC)c2n1. The van der Waals surface area contributed by atoms with Gasteiger partial charge in [-0.25, -0.2) is 4.98 Å². The van der Waals surface area contributed by atoms with E-state index in [2.05, 4.69) is 33.6 Å². The Morgan fingerprint density at radius 2 is 2.09 bits per heavy atom. The fourth-order valence-corrected chi connectivity index (χ4v) is 4.03. The smallest absolute Gasteiger partial charge is 0.293 e. The van der Waals surface area contributed by atoms with Crippen molar-refractivity contribution in [2.75, 3.05) is 38.0 Å². The second kappa shape index (κ2) is 10.7. The molecule has 1 aliphatic rings. The molecular weight excluding hydrogens is 470 g/mol. The number of hydrogen-bond donors (Lipinski definition) is 2. The molecule has 35 heavy (non-hydrogen) atoms. The molecule has 2 aromatic heterocycles. The van der Waals surface area contributed by atoms with E-state index < -0.39 is 5.56 Å². The monoisotopic (exact) mass is 495 g/mol. The van der Waals surface area contributed by atoms with Crippen molar-refractivity contribution in [3.63, 3.8) is 0 Å². The number of anilines is 2. The van der Waals surface area contributed by atoms with Crippen LogP contribution < -0.4 is 21.0 Å². The Kier molecular flexibility index (Phi) is 7.48. The van der Waals surface area contributed by atoms with Crippen molar-refractivity contribution in [2.45, 2.75) is 13.3 Å². The molecule has 0 aliphatic heterocycles. The second-order valence-electron chi connectivity index (χ2n) is 8.14. The molecule has 0 saturated carbocycles. The number of aromatic nitrogens is 3. The third kappa shape index (κ3) is 5.36. The molecular formula is C25H26ClN5O4. The summed E-state index contributed by atoms with van der Waals surface area (Å²) in [5.41, 5.74) is 1.82. The molecule has 0 radical (unpaired) electrons. The Bertz CT molecular complexity index is 1380. The zero-order chi connectivity index (χ0) is 24.9. The maximum Gasteiger partial charge on any atom is 0.293 e. The molecule has 0 bridgehead atoms. The van der Waals surface area contributed by atoms with Gasteiger partial charge in [-0.2, -0.15) is 4.98 Å². The van der Waals surface area contributed by atoms with E-state index >= 15 is 0 Å². The molecule has 0 saturated heterocycles. The molecule has 1 aromatic carbocycles. The predicted octanol–water partition coefficient (Wildman–Crippen LogP) is 3.69. The number of nitrogens with one attached hydrogen (secondary N) is 2. The summed E-state index contributed by atoms with van der Waals surface area (Å²) in [5.74, 6) is 0.449. The highest BCUT2D eigenvalue weighted by Gasteiger charge is 2.18. The summed E-state index contributed by atoms with van der Waals surface area (Å²) in [6.45, 7) is 3.05. The fraction of sp³-hybridized carbons (Fsp3) is 0.280. The quantitative estimate of drug-likeness (QED) is 0.459. The molecule has 1 aliphatic carbocycles. The van der Waals surface area contributed by atoms with Crippen LogP contribution >= 0.6 is 11.6 Å². The van der Waals surface area contributed by atoms with Crippen molar-refractivity contribution >= 4 is 40.2 Å². The minimum Gasteiger partial charge on any atom is -0.412 e. The lowest BCUT2D eigenvalue weighted by molar-refractivity contribution is -0.113. The molecule has 1 atom stereocenters. The third-order valence-electron chi connectivity index (χ3n) is 5.56. The third-order valence-corrected chi connectivity index (χ3v) is 5.89. The Morgan fingerprint density at radius 3 is 2.83 bits per heavy atom. The van der Waals surface area contributed by atoms with E-state index in [0.717, 1.165) is 4.73 Å². The Hall–Kier alpha value is -3.69. The van der Waals surface area contributed by atoms with Crippen molar-refractivity contribution in [3.05, 3.63) is 69.6 Å². The van der Waals surface area contributed by atoms with E-state index in [4.69, 9.17) is 21.2 Å². The van der Waals surface area contributed by atoms with Crippen LogP contribution in [-0.2, 0) is 9.53 Å². The van der Waals surface area contributed by atoms with Gasteiger partial charge in [-0.3, -0.25) is 9.59 Å². The van der Waals surface area contributed by atoms with Gasteiger partial charge in [0.1, 0.15) is 7.11 Å². The van der Waals surface area contributed by atoms with E-state index in [1.54, 1.807) is 37.6 Å². The molecule has 182 valence electrons. The van der Waals surface area contributed by atoms with Gasteiger partial charge >= 0.3 is 0 Å². The fourth-order valence-electron chi connectivity index (χ4n) is 3.82. The maximum absolute atomic E-state index is 13.3. The summed E-state index contributed by atoms with van der Waals surface area (Å²) in [7, 11) is 2.99. The van der Waals surface area contributed by atoms with Crippen molar-refractivity contribution < 1.29 is 14.4 Å². The number of halogens is 1.